The molecule has 0 atom stereocenters. The number of hydrogen-bond acceptors (Lipinski definition) is 4. The van der Waals surface area contributed by atoms with Crippen molar-refractivity contribution in [3.8, 4) is 22.8 Å². The van der Waals surface area contributed by atoms with E-state index in [9.17, 15) is 4.79 Å². The fourth-order valence-corrected chi connectivity index (χ4v) is 3.59. The molecule has 2 aromatic heterocycles. The van der Waals surface area contributed by atoms with Gasteiger partial charge >= 0.3 is 0 Å². The van der Waals surface area contributed by atoms with E-state index in [0.717, 1.165) is 18.5 Å². The van der Waals surface area contributed by atoms with Gasteiger partial charge in [-0.2, -0.15) is 10.2 Å². The first-order valence-electron chi connectivity index (χ1n) is 9.05. The molecule has 1 aromatic carbocycles. The molecule has 0 aliphatic heterocycles. The molecule has 26 heavy (non-hydrogen) atoms. The maximum absolute atomic E-state index is 12.9. The molecule has 1 aliphatic carbocycles. The van der Waals surface area contributed by atoms with Gasteiger partial charge in [0.15, 0.2) is 11.4 Å². The van der Waals surface area contributed by atoms with E-state index in [1.165, 1.54) is 26.4 Å². The fraction of sp³-hybridized carbons (Fsp3) is 0.350. The van der Waals surface area contributed by atoms with Crippen molar-refractivity contribution in [3.63, 3.8) is 0 Å². The van der Waals surface area contributed by atoms with Crippen LogP contribution in [-0.2, 0) is 0 Å². The molecule has 1 fully saturated rings. The van der Waals surface area contributed by atoms with Crippen molar-refractivity contribution in [3.05, 3.63) is 59.0 Å². The lowest BCUT2D eigenvalue weighted by molar-refractivity contribution is 0.317. The molecular weight excluding hydrogens is 328 g/mol. The van der Waals surface area contributed by atoms with Gasteiger partial charge < -0.3 is 4.74 Å². The summed E-state index contributed by atoms with van der Waals surface area (Å²) < 4.78 is 9.02. The Morgan fingerprint density at radius 1 is 1.08 bits per heavy atom. The SMILES string of the molecule is COc1cn(C2CCCCC2)nc(-c2ccnn2-c2ccccc2)c1=O. The molecule has 6 nitrogen and oxygen atoms in total. The number of aromatic nitrogens is 4. The van der Waals surface area contributed by atoms with Crippen molar-refractivity contribution >= 4 is 0 Å². The molecule has 6 heteroatoms. The number of hydrogen-bond donors (Lipinski definition) is 0. The topological polar surface area (TPSA) is 61.9 Å². The van der Waals surface area contributed by atoms with Gasteiger partial charge in [0.05, 0.1) is 36.9 Å². The summed E-state index contributed by atoms with van der Waals surface area (Å²) in [7, 11) is 1.53. The average Bonchev–Trinajstić information content (AvgIpc) is 3.19. The van der Waals surface area contributed by atoms with E-state index in [1.807, 2.05) is 41.1 Å². The lowest BCUT2D eigenvalue weighted by Crippen LogP contribution is -2.22. The Bertz CT molecular complexity index is 940. The van der Waals surface area contributed by atoms with Gasteiger partial charge in [0.2, 0.25) is 0 Å². The van der Waals surface area contributed by atoms with Crippen LogP contribution in [0.15, 0.2) is 53.6 Å². The van der Waals surface area contributed by atoms with E-state index in [2.05, 4.69) is 5.10 Å². The van der Waals surface area contributed by atoms with Crippen LogP contribution < -0.4 is 10.2 Å². The zero-order valence-corrected chi connectivity index (χ0v) is 14.8. The minimum absolute atomic E-state index is 0.211. The predicted octanol–water partition coefficient (Wildman–Crippen LogP) is 3.61. The Hall–Kier alpha value is -2.89. The monoisotopic (exact) mass is 350 g/mol. The molecule has 0 spiro atoms. The molecule has 0 saturated heterocycles. The Morgan fingerprint density at radius 3 is 2.58 bits per heavy atom. The van der Waals surface area contributed by atoms with Crippen molar-refractivity contribution in [2.75, 3.05) is 7.11 Å². The van der Waals surface area contributed by atoms with Gasteiger partial charge in [-0.1, -0.05) is 37.5 Å². The highest BCUT2D eigenvalue weighted by molar-refractivity contribution is 5.58. The third kappa shape index (κ3) is 3.03. The van der Waals surface area contributed by atoms with Crippen LogP contribution in [0.1, 0.15) is 38.1 Å². The first kappa shape index (κ1) is 16.6. The van der Waals surface area contributed by atoms with E-state index in [4.69, 9.17) is 9.84 Å². The van der Waals surface area contributed by atoms with Crippen molar-refractivity contribution in [2.45, 2.75) is 38.1 Å². The molecule has 0 bridgehead atoms. The second-order valence-corrected chi connectivity index (χ2v) is 6.61. The number of rotatable bonds is 4. The first-order chi connectivity index (χ1) is 12.8. The first-order valence-corrected chi connectivity index (χ1v) is 9.05. The third-order valence-electron chi connectivity index (χ3n) is 4.96. The number of nitrogens with zero attached hydrogens (tertiary/aromatic N) is 4. The Balaban J connectivity index is 1.84. The second-order valence-electron chi connectivity index (χ2n) is 6.61. The molecule has 0 N–H and O–H groups in total. The fourth-order valence-electron chi connectivity index (χ4n) is 3.59. The molecule has 0 radical (unpaired) electrons. The van der Waals surface area contributed by atoms with Crippen LogP contribution in [0.5, 0.6) is 5.75 Å². The Labute approximate surface area is 152 Å². The normalized spacial score (nSPS) is 15.1. The van der Waals surface area contributed by atoms with Crippen molar-refractivity contribution in [1.29, 1.82) is 0 Å². The molecule has 0 unspecified atom stereocenters. The predicted molar refractivity (Wildman–Crippen MR) is 99.7 cm³/mol. The van der Waals surface area contributed by atoms with E-state index < -0.39 is 0 Å². The van der Waals surface area contributed by atoms with Gasteiger partial charge in [-0.05, 0) is 31.0 Å². The summed E-state index contributed by atoms with van der Waals surface area (Å²) in [4.78, 5) is 12.9. The molecular formula is C20H22N4O2. The minimum Gasteiger partial charge on any atom is -0.491 e. The maximum atomic E-state index is 12.9. The van der Waals surface area contributed by atoms with Gasteiger partial charge in [-0.15, -0.1) is 0 Å². The van der Waals surface area contributed by atoms with Crippen LogP contribution in [0.25, 0.3) is 17.1 Å². The summed E-state index contributed by atoms with van der Waals surface area (Å²) in [6.45, 7) is 0. The summed E-state index contributed by atoms with van der Waals surface area (Å²) in [6, 6.07) is 11.9. The summed E-state index contributed by atoms with van der Waals surface area (Å²) in [6.07, 6.45) is 9.24. The summed E-state index contributed by atoms with van der Waals surface area (Å²) >= 11 is 0. The van der Waals surface area contributed by atoms with Gasteiger partial charge in [0, 0.05) is 0 Å². The maximum Gasteiger partial charge on any atom is 0.251 e. The molecule has 1 aliphatic rings. The molecule has 4 rings (SSSR count). The summed E-state index contributed by atoms with van der Waals surface area (Å²) in [5.74, 6) is 0.321. The van der Waals surface area contributed by atoms with Crippen LogP contribution in [0.4, 0.5) is 0 Å². The van der Waals surface area contributed by atoms with Crippen molar-refractivity contribution < 1.29 is 4.74 Å². The summed E-state index contributed by atoms with van der Waals surface area (Å²) in [5.41, 5.74) is 1.72. The minimum atomic E-state index is -0.211. The second kappa shape index (κ2) is 7.15. The van der Waals surface area contributed by atoms with Crippen LogP contribution in [-0.4, -0.2) is 26.7 Å². The van der Waals surface area contributed by atoms with Gasteiger partial charge in [-0.3, -0.25) is 9.48 Å². The smallest absolute Gasteiger partial charge is 0.251 e. The van der Waals surface area contributed by atoms with Crippen LogP contribution in [0, 0.1) is 0 Å². The quantitative estimate of drug-likeness (QED) is 0.721. The van der Waals surface area contributed by atoms with Crippen LogP contribution in [0.2, 0.25) is 0 Å². The molecule has 1 saturated carbocycles. The molecule has 2 heterocycles. The lowest BCUT2D eigenvalue weighted by Gasteiger charge is -2.24. The highest BCUT2D eigenvalue weighted by Gasteiger charge is 2.21. The lowest BCUT2D eigenvalue weighted by atomic mass is 9.96. The van der Waals surface area contributed by atoms with Gasteiger partial charge in [-0.25, -0.2) is 4.68 Å². The number of methoxy groups -OCH3 is 1. The highest BCUT2D eigenvalue weighted by Crippen LogP contribution is 2.29. The Morgan fingerprint density at radius 2 is 1.85 bits per heavy atom. The van der Waals surface area contributed by atoms with Crippen LogP contribution >= 0.6 is 0 Å². The van der Waals surface area contributed by atoms with Gasteiger partial charge in [0.1, 0.15) is 0 Å². The zero-order valence-electron chi connectivity index (χ0n) is 14.8. The largest absolute Gasteiger partial charge is 0.491 e. The van der Waals surface area contributed by atoms with Crippen molar-refractivity contribution in [1.82, 2.24) is 19.6 Å². The van der Waals surface area contributed by atoms with Crippen LogP contribution in [0.3, 0.4) is 0 Å². The van der Waals surface area contributed by atoms with E-state index in [-0.39, 0.29) is 5.43 Å². The van der Waals surface area contributed by atoms with E-state index in [0.29, 0.717) is 23.2 Å². The number of para-hydroxylation sites is 1. The third-order valence-corrected chi connectivity index (χ3v) is 4.96. The molecule has 0 amide bonds. The molecule has 134 valence electrons. The summed E-state index contributed by atoms with van der Waals surface area (Å²) in [5, 5.41) is 9.09. The number of benzene rings is 1. The van der Waals surface area contributed by atoms with Crippen molar-refractivity contribution in [2.24, 2.45) is 0 Å². The Kier molecular flexibility index (Phi) is 4.56. The average molecular weight is 350 g/mol. The van der Waals surface area contributed by atoms with E-state index >= 15 is 0 Å². The van der Waals surface area contributed by atoms with Gasteiger partial charge in [0.25, 0.3) is 5.43 Å². The van der Waals surface area contributed by atoms with E-state index in [1.54, 1.807) is 17.1 Å². The molecule has 3 aromatic rings. The standard InChI is InChI=1S/C20H22N4O2/c1-26-18-14-23(15-8-4-2-5-9-15)22-19(20(18)25)17-12-13-21-24(17)16-10-6-3-7-11-16/h3,6-7,10-15H,2,4-5,8-9H2,1H3. The number of ether oxygens (including phenoxy) is 1. The highest BCUT2D eigenvalue weighted by atomic mass is 16.5. The zero-order chi connectivity index (χ0) is 17.9.